The molecule has 0 aromatic carbocycles. The predicted molar refractivity (Wildman–Crippen MR) is 65.8 cm³/mol. The second-order valence-corrected chi connectivity index (χ2v) is 5.31. The molecule has 1 rings (SSSR count). The minimum Gasteiger partial charge on any atom is -0.393 e. The minimum absolute atomic E-state index is 0.0475. The maximum Gasteiger partial charge on any atom is 0.0571 e. The third-order valence-corrected chi connectivity index (χ3v) is 3.58. The molecule has 1 fully saturated rings. The largest absolute Gasteiger partial charge is 0.393 e. The summed E-state index contributed by atoms with van der Waals surface area (Å²) in [5.74, 6) is 1.39. The lowest BCUT2D eigenvalue weighted by atomic mass is 9.76. The smallest absolute Gasteiger partial charge is 0.0571 e. The molecule has 1 aliphatic carbocycles. The van der Waals surface area contributed by atoms with Gasteiger partial charge in [-0.3, -0.25) is 0 Å². The van der Waals surface area contributed by atoms with Crippen molar-refractivity contribution in [1.82, 2.24) is 0 Å². The second-order valence-electron chi connectivity index (χ2n) is 5.31. The number of aliphatic hydroxyl groups excluding tert-OH is 1. The fraction of sp³-hybridized carbons (Fsp3) is 0.857. The molecule has 15 heavy (non-hydrogen) atoms. The molecule has 0 aromatic heterocycles. The van der Waals surface area contributed by atoms with E-state index in [1.165, 1.54) is 31.3 Å². The van der Waals surface area contributed by atoms with Crippen LogP contribution in [0.2, 0.25) is 0 Å². The first-order valence-electron chi connectivity index (χ1n) is 6.45. The fourth-order valence-corrected chi connectivity index (χ4v) is 2.66. The maximum absolute atomic E-state index is 9.94. The number of hydrogen-bond donors (Lipinski definition) is 1. The van der Waals surface area contributed by atoms with Crippen LogP contribution in [-0.2, 0) is 0 Å². The standard InChI is InChI=1S/C14H26O/c1-4-5-12-7-9-14(15)13(10-12)8-6-11(2)3/h6,12-15H,4-5,7-10H2,1-3H3. The van der Waals surface area contributed by atoms with E-state index < -0.39 is 0 Å². The highest BCUT2D eigenvalue weighted by molar-refractivity contribution is 4.96. The zero-order valence-corrected chi connectivity index (χ0v) is 10.5. The summed E-state index contributed by atoms with van der Waals surface area (Å²) in [7, 11) is 0. The molecule has 1 nitrogen and oxygen atoms in total. The van der Waals surface area contributed by atoms with Crippen molar-refractivity contribution in [3.05, 3.63) is 11.6 Å². The highest BCUT2D eigenvalue weighted by Gasteiger charge is 2.27. The first kappa shape index (κ1) is 12.8. The molecule has 0 spiro atoms. The molecule has 0 aromatic rings. The van der Waals surface area contributed by atoms with Crippen molar-refractivity contribution in [1.29, 1.82) is 0 Å². The highest BCUT2D eigenvalue weighted by atomic mass is 16.3. The van der Waals surface area contributed by atoms with E-state index >= 15 is 0 Å². The van der Waals surface area contributed by atoms with Crippen LogP contribution in [0.25, 0.3) is 0 Å². The van der Waals surface area contributed by atoms with E-state index in [1.54, 1.807) is 0 Å². The van der Waals surface area contributed by atoms with E-state index in [4.69, 9.17) is 0 Å². The average Bonchev–Trinajstić information content (AvgIpc) is 2.19. The van der Waals surface area contributed by atoms with Gasteiger partial charge in [-0.2, -0.15) is 0 Å². The Kier molecular flexibility index (Phi) is 5.38. The van der Waals surface area contributed by atoms with Crippen LogP contribution in [0, 0.1) is 11.8 Å². The molecule has 1 N–H and O–H groups in total. The monoisotopic (exact) mass is 210 g/mol. The van der Waals surface area contributed by atoms with E-state index in [2.05, 4.69) is 26.8 Å². The van der Waals surface area contributed by atoms with Crippen LogP contribution < -0.4 is 0 Å². The van der Waals surface area contributed by atoms with Crippen molar-refractivity contribution in [3.8, 4) is 0 Å². The molecule has 0 bridgehead atoms. The maximum atomic E-state index is 9.94. The summed E-state index contributed by atoms with van der Waals surface area (Å²) in [6, 6.07) is 0. The third-order valence-electron chi connectivity index (χ3n) is 3.58. The van der Waals surface area contributed by atoms with E-state index in [0.717, 1.165) is 18.8 Å². The van der Waals surface area contributed by atoms with E-state index in [-0.39, 0.29) is 6.10 Å². The average molecular weight is 210 g/mol. The van der Waals surface area contributed by atoms with Crippen LogP contribution in [0.3, 0.4) is 0 Å². The molecule has 88 valence electrons. The minimum atomic E-state index is -0.0475. The first-order chi connectivity index (χ1) is 7.13. The Labute approximate surface area is 94.6 Å². The molecule has 0 amide bonds. The SMILES string of the molecule is CCCC1CCC(O)C(CC=C(C)C)C1. The Balaban J connectivity index is 2.42. The molecule has 1 saturated carbocycles. The molecule has 0 saturated heterocycles. The molecule has 1 heteroatoms. The lowest BCUT2D eigenvalue weighted by Crippen LogP contribution is -2.28. The molecule has 0 heterocycles. The van der Waals surface area contributed by atoms with E-state index in [9.17, 15) is 5.11 Å². The number of aliphatic hydroxyl groups is 1. The Hall–Kier alpha value is -0.300. The number of rotatable bonds is 4. The Morgan fingerprint density at radius 3 is 2.67 bits per heavy atom. The van der Waals surface area contributed by atoms with Gasteiger partial charge >= 0.3 is 0 Å². The summed E-state index contributed by atoms with van der Waals surface area (Å²) in [6.07, 6.45) is 9.43. The van der Waals surface area contributed by atoms with Gasteiger partial charge in [0.05, 0.1) is 6.10 Å². The van der Waals surface area contributed by atoms with E-state index in [0.29, 0.717) is 5.92 Å². The molecule has 3 atom stereocenters. The van der Waals surface area contributed by atoms with Gasteiger partial charge < -0.3 is 5.11 Å². The third kappa shape index (κ3) is 4.38. The normalized spacial score (nSPS) is 31.3. The van der Waals surface area contributed by atoms with Crippen LogP contribution in [0.1, 0.15) is 59.3 Å². The van der Waals surface area contributed by atoms with Gasteiger partial charge in [-0.15, -0.1) is 0 Å². The lowest BCUT2D eigenvalue weighted by molar-refractivity contribution is 0.0475. The fourth-order valence-electron chi connectivity index (χ4n) is 2.66. The van der Waals surface area contributed by atoms with Crippen LogP contribution in [0.15, 0.2) is 11.6 Å². The summed E-state index contributed by atoms with van der Waals surface area (Å²) < 4.78 is 0. The molecule has 0 radical (unpaired) electrons. The van der Waals surface area contributed by atoms with Crippen LogP contribution in [0.5, 0.6) is 0 Å². The lowest BCUT2D eigenvalue weighted by Gasteiger charge is -2.32. The van der Waals surface area contributed by atoms with Crippen molar-refractivity contribution in [3.63, 3.8) is 0 Å². The summed E-state index contributed by atoms with van der Waals surface area (Å²) in [5, 5.41) is 9.94. The first-order valence-corrected chi connectivity index (χ1v) is 6.45. The van der Waals surface area contributed by atoms with Gasteiger partial charge in [0, 0.05) is 0 Å². The summed E-state index contributed by atoms with van der Waals surface area (Å²) in [6.45, 7) is 6.54. The molecular weight excluding hydrogens is 184 g/mol. The van der Waals surface area contributed by atoms with Crippen molar-refractivity contribution < 1.29 is 5.11 Å². The zero-order chi connectivity index (χ0) is 11.3. The highest BCUT2D eigenvalue weighted by Crippen LogP contribution is 2.34. The van der Waals surface area contributed by atoms with Gasteiger partial charge in [-0.05, 0) is 51.4 Å². The summed E-state index contributed by atoms with van der Waals surface area (Å²) >= 11 is 0. The Bertz CT molecular complexity index is 203. The molecule has 1 aliphatic rings. The van der Waals surface area contributed by atoms with Crippen molar-refractivity contribution in [2.45, 2.75) is 65.4 Å². The molecular formula is C14H26O. The van der Waals surface area contributed by atoms with Crippen LogP contribution in [0.4, 0.5) is 0 Å². The second kappa shape index (κ2) is 6.32. The van der Waals surface area contributed by atoms with Gasteiger partial charge in [-0.1, -0.05) is 31.4 Å². The van der Waals surface area contributed by atoms with Gasteiger partial charge in [0.15, 0.2) is 0 Å². The molecule has 3 unspecified atom stereocenters. The summed E-state index contributed by atoms with van der Waals surface area (Å²) in [5.41, 5.74) is 1.37. The van der Waals surface area contributed by atoms with Crippen LogP contribution in [-0.4, -0.2) is 11.2 Å². The number of hydrogen-bond acceptors (Lipinski definition) is 1. The summed E-state index contributed by atoms with van der Waals surface area (Å²) in [4.78, 5) is 0. The number of allylic oxidation sites excluding steroid dienone is 2. The zero-order valence-electron chi connectivity index (χ0n) is 10.5. The van der Waals surface area contributed by atoms with E-state index in [1.807, 2.05) is 0 Å². The topological polar surface area (TPSA) is 20.2 Å². The Morgan fingerprint density at radius 1 is 1.33 bits per heavy atom. The van der Waals surface area contributed by atoms with Crippen molar-refractivity contribution >= 4 is 0 Å². The quantitative estimate of drug-likeness (QED) is 0.697. The van der Waals surface area contributed by atoms with Gasteiger partial charge in [-0.25, -0.2) is 0 Å². The van der Waals surface area contributed by atoms with Gasteiger partial charge in [0.2, 0.25) is 0 Å². The Morgan fingerprint density at radius 2 is 2.07 bits per heavy atom. The molecule has 0 aliphatic heterocycles. The predicted octanol–water partition coefficient (Wildman–Crippen LogP) is 3.92. The van der Waals surface area contributed by atoms with Crippen molar-refractivity contribution in [2.24, 2.45) is 11.8 Å². The van der Waals surface area contributed by atoms with Gasteiger partial charge in [0.1, 0.15) is 0 Å². The van der Waals surface area contributed by atoms with Crippen molar-refractivity contribution in [2.75, 3.05) is 0 Å². The van der Waals surface area contributed by atoms with Crippen LogP contribution >= 0.6 is 0 Å². The van der Waals surface area contributed by atoms with Gasteiger partial charge in [0.25, 0.3) is 0 Å².